The third kappa shape index (κ3) is 3.62. The number of hydrogen-bond acceptors (Lipinski definition) is 4. The first-order valence-electron chi connectivity index (χ1n) is 8.58. The Balaban J connectivity index is 2.01. The van der Waals surface area contributed by atoms with Gasteiger partial charge in [-0.25, -0.2) is 0 Å². The molecule has 0 amide bonds. The molecule has 0 aliphatic rings. The molecule has 0 radical (unpaired) electrons. The van der Waals surface area contributed by atoms with Crippen LogP contribution in [0.5, 0.6) is 5.88 Å². The van der Waals surface area contributed by atoms with E-state index >= 15 is 0 Å². The second-order valence-electron chi connectivity index (χ2n) is 6.02. The number of aryl methyl sites for hydroxylation is 1. The third-order valence-electron chi connectivity index (χ3n) is 4.19. The maximum atomic E-state index is 12.3. The lowest BCUT2D eigenvalue weighted by Gasteiger charge is -2.05. The van der Waals surface area contributed by atoms with Gasteiger partial charge in [0.05, 0.1) is 10.4 Å². The summed E-state index contributed by atoms with van der Waals surface area (Å²) in [5.74, 6) is -0.0608. The molecule has 0 atom stereocenters. The number of benzene rings is 2. The first-order valence-corrected chi connectivity index (χ1v) is 10.0. The molecule has 0 bridgehead atoms. The molecule has 0 aliphatic heterocycles. The Hall–Kier alpha value is -2.67. The van der Waals surface area contributed by atoms with Crippen molar-refractivity contribution < 1.29 is 13.5 Å². The van der Waals surface area contributed by atoms with Crippen molar-refractivity contribution >= 4 is 26.6 Å². The molecule has 0 spiro atoms. The van der Waals surface area contributed by atoms with Crippen molar-refractivity contribution in [2.45, 2.75) is 37.6 Å². The van der Waals surface area contributed by atoms with E-state index in [1.54, 1.807) is 28.8 Å². The van der Waals surface area contributed by atoms with Crippen LogP contribution in [-0.4, -0.2) is 18.1 Å². The van der Waals surface area contributed by atoms with E-state index in [9.17, 15) is 13.5 Å². The van der Waals surface area contributed by atoms with Crippen molar-refractivity contribution in [1.29, 1.82) is 0 Å². The van der Waals surface area contributed by atoms with Crippen molar-refractivity contribution in [3.05, 3.63) is 54.6 Å². The third-order valence-corrected chi connectivity index (χ3v) is 5.36. The van der Waals surface area contributed by atoms with Crippen LogP contribution in [0.4, 0.5) is 5.69 Å². The molecule has 136 valence electrons. The maximum Gasteiger partial charge on any atom is 0.299 e. The van der Waals surface area contributed by atoms with Crippen molar-refractivity contribution in [2.75, 3.05) is 0 Å². The second-order valence-corrected chi connectivity index (χ2v) is 7.60. The van der Waals surface area contributed by atoms with Crippen LogP contribution in [0, 0.1) is 0 Å². The van der Waals surface area contributed by atoms with Gasteiger partial charge >= 0.3 is 0 Å². The van der Waals surface area contributed by atoms with Gasteiger partial charge in [-0.05, 0) is 24.6 Å². The van der Waals surface area contributed by atoms with E-state index in [0.717, 1.165) is 24.8 Å². The van der Waals surface area contributed by atoms with Crippen molar-refractivity contribution in [2.24, 2.45) is 9.63 Å². The summed E-state index contributed by atoms with van der Waals surface area (Å²) in [6.45, 7) is 2.75. The van der Waals surface area contributed by atoms with Crippen molar-refractivity contribution in [3.8, 4) is 5.88 Å². The highest BCUT2D eigenvalue weighted by Gasteiger charge is 2.18. The largest absolute Gasteiger partial charge is 0.493 e. The molecule has 0 fully saturated rings. The average molecular weight is 371 g/mol. The summed E-state index contributed by atoms with van der Waals surface area (Å²) in [7, 11) is -3.92. The van der Waals surface area contributed by atoms with E-state index in [1.165, 1.54) is 12.1 Å². The van der Waals surface area contributed by atoms with Gasteiger partial charge in [-0.15, -0.1) is 5.11 Å². The zero-order valence-electron chi connectivity index (χ0n) is 14.5. The quantitative estimate of drug-likeness (QED) is 0.468. The molecule has 26 heavy (non-hydrogen) atoms. The Labute approximate surface area is 152 Å². The average Bonchev–Trinajstić information content (AvgIpc) is 2.93. The van der Waals surface area contributed by atoms with Gasteiger partial charge in [0, 0.05) is 11.9 Å². The number of nitrogens with zero attached hydrogens (tertiary/aromatic N) is 3. The number of aromatic hydroxyl groups is 1. The van der Waals surface area contributed by atoms with Gasteiger partial charge in [0.15, 0.2) is 5.69 Å². The highest BCUT2D eigenvalue weighted by molar-refractivity contribution is 7.90. The summed E-state index contributed by atoms with van der Waals surface area (Å²) >= 11 is 0. The van der Waals surface area contributed by atoms with Gasteiger partial charge in [0.1, 0.15) is 0 Å². The standard InChI is InChI=1S/C19H21N3O3S/c1-2-3-9-14-22-17-13-8-7-12-16(17)18(19(22)23)20-21-26(24,25)15-10-5-4-6-11-15/h4-8,10-13,23H,2-3,9,14H2,1H3. The van der Waals surface area contributed by atoms with E-state index in [4.69, 9.17) is 0 Å². The minimum Gasteiger partial charge on any atom is -0.493 e. The Morgan fingerprint density at radius 2 is 1.69 bits per heavy atom. The van der Waals surface area contributed by atoms with E-state index < -0.39 is 10.0 Å². The molecule has 3 aromatic rings. The lowest BCUT2D eigenvalue weighted by atomic mass is 10.2. The summed E-state index contributed by atoms with van der Waals surface area (Å²) in [4.78, 5) is 0.0647. The van der Waals surface area contributed by atoms with Gasteiger partial charge in [-0.1, -0.05) is 60.7 Å². The van der Waals surface area contributed by atoms with E-state index in [1.807, 2.05) is 18.2 Å². The lowest BCUT2D eigenvalue weighted by molar-refractivity contribution is 0.417. The van der Waals surface area contributed by atoms with Gasteiger partial charge in [0.25, 0.3) is 10.0 Å². The zero-order valence-corrected chi connectivity index (χ0v) is 15.4. The minimum atomic E-state index is -3.92. The lowest BCUT2D eigenvalue weighted by Crippen LogP contribution is -1.96. The van der Waals surface area contributed by atoms with Crippen LogP contribution < -0.4 is 0 Å². The van der Waals surface area contributed by atoms with E-state index in [-0.39, 0.29) is 16.5 Å². The summed E-state index contributed by atoms with van der Waals surface area (Å²) < 4.78 is 29.9. The van der Waals surface area contributed by atoms with Crippen LogP contribution in [0.25, 0.3) is 10.9 Å². The highest BCUT2D eigenvalue weighted by Crippen LogP contribution is 2.39. The number of rotatable bonds is 7. The summed E-state index contributed by atoms with van der Waals surface area (Å²) in [5, 5.41) is 15.2. The fraction of sp³-hybridized carbons (Fsp3) is 0.263. The molecule has 2 aromatic carbocycles. The van der Waals surface area contributed by atoms with Crippen LogP contribution in [0.2, 0.25) is 0 Å². The molecular weight excluding hydrogens is 350 g/mol. The second kappa shape index (κ2) is 7.70. The fourth-order valence-corrected chi connectivity index (χ4v) is 3.64. The molecule has 0 saturated carbocycles. The highest BCUT2D eigenvalue weighted by atomic mass is 32.2. The number of sulfonamides is 1. The molecule has 7 heteroatoms. The molecule has 0 aliphatic carbocycles. The summed E-state index contributed by atoms with van der Waals surface area (Å²) in [5.41, 5.74) is 0.990. The number of para-hydroxylation sites is 1. The Morgan fingerprint density at radius 1 is 1.00 bits per heavy atom. The van der Waals surface area contributed by atoms with Crippen LogP contribution >= 0.6 is 0 Å². The molecule has 0 unspecified atom stereocenters. The molecule has 1 heterocycles. The Bertz CT molecular complexity index is 1020. The van der Waals surface area contributed by atoms with Crippen LogP contribution in [0.1, 0.15) is 26.2 Å². The minimum absolute atomic E-state index is 0.0608. The number of unbranched alkanes of at least 4 members (excludes halogenated alkanes) is 2. The predicted molar refractivity (Wildman–Crippen MR) is 101 cm³/mol. The molecular formula is C19H21N3O3S. The Morgan fingerprint density at radius 3 is 2.42 bits per heavy atom. The summed E-state index contributed by atoms with van der Waals surface area (Å²) in [6, 6.07) is 15.3. The normalized spacial score (nSPS) is 12.2. The molecule has 1 N–H and O–H groups in total. The topological polar surface area (TPSA) is 84.0 Å². The first kappa shape index (κ1) is 18.1. The molecule has 1 aromatic heterocycles. The monoisotopic (exact) mass is 371 g/mol. The van der Waals surface area contributed by atoms with Crippen LogP contribution in [0.15, 0.2) is 69.1 Å². The maximum absolute atomic E-state index is 12.3. The van der Waals surface area contributed by atoms with Gasteiger partial charge in [-0.3, -0.25) is 0 Å². The van der Waals surface area contributed by atoms with Gasteiger partial charge in [-0.2, -0.15) is 8.42 Å². The molecule has 3 rings (SSSR count). The van der Waals surface area contributed by atoms with Gasteiger partial charge in [0.2, 0.25) is 5.88 Å². The molecule has 0 saturated heterocycles. The first-order chi connectivity index (χ1) is 12.5. The van der Waals surface area contributed by atoms with Gasteiger partial charge < -0.3 is 9.67 Å². The van der Waals surface area contributed by atoms with Crippen LogP contribution in [0.3, 0.4) is 0 Å². The Kier molecular flexibility index (Phi) is 5.37. The number of hydrogen-bond donors (Lipinski definition) is 1. The predicted octanol–water partition coefficient (Wildman–Crippen LogP) is 5.01. The van der Waals surface area contributed by atoms with E-state index in [2.05, 4.69) is 16.6 Å². The fourth-order valence-electron chi connectivity index (χ4n) is 2.85. The SMILES string of the molecule is CCCCCn1c(O)c(N=NS(=O)(=O)c2ccccc2)c2ccccc21. The van der Waals surface area contributed by atoms with Crippen molar-refractivity contribution in [3.63, 3.8) is 0 Å². The van der Waals surface area contributed by atoms with Crippen LogP contribution in [-0.2, 0) is 16.6 Å². The van der Waals surface area contributed by atoms with E-state index in [0.29, 0.717) is 11.9 Å². The molecule has 6 nitrogen and oxygen atoms in total. The zero-order chi connectivity index (χ0) is 18.6. The number of fused-ring (bicyclic) bond motifs is 1. The smallest absolute Gasteiger partial charge is 0.299 e. The summed E-state index contributed by atoms with van der Waals surface area (Å²) in [6.07, 6.45) is 3.04. The number of aromatic nitrogens is 1. The van der Waals surface area contributed by atoms with Crippen molar-refractivity contribution in [1.82, 2.24) is 4.57 Å².